The molecule has 2 atom stereocenters. The molecule has 2 aliphatic rings. The van der Waals surface area contributed by atoms with Gasteiger partial charge in [0.05, 0.1) is 19.3 Å². The van der Waals surface area contributed by atoms with E-state index in [4.69, 9.17) is 14.0 Å². The number of hydrogen-bond acceptors (Lipinski definition) is 7. The normalized spacial score (nSPS) is 23.0. The van der Waals surface area contributed by atoms with Gasteiger partial charge in [0.2, 0.25) is 0 Å². The fourth-order valence-electron chi connectivity index (χ4n) is 3.56. The van der Waals surface area contributed by atoms with Crippen LogP contribution in [-0.4, -0.2) is 79.8 Å². The first-order valence-corrected chi connectivity index (χ1v) is 9.07. The third-order valence-electron chi connectivity index (χ3n) is 5.06. The van der Waals surface area contributed by atoms with Crippen molar-refractivity contribution in [2.45, 2.75) is 12.2 Å². The quantitative estimate of drug-likeness (QED) is 0.856. The average Bonchev–Trinajstić information content (AvgIpc) is 3.32. The number of amides is 1. The number of rotatable bonds is 4. The van der Waals surface area contributed by atoms with E-state index < -0.39 is 6.10 Å². The molecule has 0 bridgehead atoms. The minimum atomic E-state index is -0.703. The Morgan fingerprint density at radius 2 is 1.96 bits per heavy atom. The van der Waals surface area contributed by atoms with Crippen molar-refractivity contribution in [2.24, 2.45) is 0 Å². The molecule has 27 heavy (non-hydrogen) atoms. The van der Waals surface area contributed by atoms with Crippen LogP contribution in [0.4, 0.5) is 5.82 Å². The topological polar surface area (TPSA) is 88.3 Å². The molecule has 144 valence electrons. The molecule has 2 aromatic rings. The number of morpholine rings is 1. The summed E-state index contributed by atoms with van der Waals surface area (Å²) in [4.78, 5) is 17.0. The van der Waals surface area contributed by atoms with Crippen LogP contribution in [0.2, 0.25) is 0 Å². The lowest BCUT2D eigenvalue weighted by Crippen LogP contribution is -2.38. The number of β-amino-alcohol motifs (C(OH)–C–C–N with tert-alkyl or cyclic N) is 1. The lowest BCUT2D eigenvalue weighted by Gasteiger charge is -2.27. The number of aromatic nitrogens is 1. The molecule has 0 spiro atoms. The summed E-state index contributed by atoms with van der Waals surface area (Å²) in [6, 6.07) is 9.46. The molecular weight excluding hydrogens is 350 g/mol. The standard InChI is InChI=1S/C19H23N3O5/c1-25-15-12-22(11-14(15)23)19(24)16-17(13-5-3-2-4-6-13)27-20-18(16)21-7-9-26-10-8-21/h2-6,14-15,23H,7-12H2,1H3/t14-,15-/m0/s1. The number of methoxy groups -OCH3 is 1. The summed E-state index contributed by atoms with van der Waals surface area (Å²) < 4.78 is 16.3. The minimum Gasteiger partial charge on any atom is -0.388 e. The molecule has 8 heteroatoms. The number of anilines is 1. The van der Waals surface area contributed by atoms with E-state index >= 15 is 0 Å². The molecule has 0 saturated carbocycles. The number of benzene rings is 1. The molecule has 8 nitrogen and oxygen atoms in total. The summed E-state index contributed by atoms with van der Waals surface area (Å²) in [6.07, 6.45) is -1.09. The fraction of sp³-hybridized carbons (Fsp3) is 0.474. The molecule has 2 aliphatic heterocycles. The highest BCUT2D eigenvalue weighted by molar-refractivity contribution is 6.04. The summed E-state index contributed by atoms with van der Waals surface area (Å²) in [5.41, 5.74) is 1.21. The second kappa shape index (κ2) is 7.67. The predicted molar refractivity (Wildman–Crippen MR) is 97.7 cm³/mol. The summed E-state index contributed by atoms with van der Waals surface area (Å²) >= 11 is 0. The van der Waals surface area contributed by atoms with Crippen molar-refractivity contribution in [3.8, 4) is 11.3 Å². The number of aliphatic hydroxyl groups excluding tert-OH is 1. The summed E-state index contributed by atoms with van der Waals surface area (Å²) in [6.45, 7) is 3.00. The predicted octanol–water partition coefficient (Wildman–Crippen LogP) is 1.01. The first kappa shape index (κ1) is 18.0. The molecule has 0 radical (unpaired) electrons. The zero-order valence-electron chi connectivity index (χ0n) is 15.2. The zero-order chi connectivity index (χ0) is 18.8. The number of nitrogens with zero attached hydrogens (tertiary/aromatic N) is 3. The second-order valence-electron chi connectivity index (χ2n) is 6.73. The zero-order valence-corrected chi connectivity index (χ0v) is 15.2. The molecule has 2 fully saturated rings. The van der Waals surface area contributed by atoms with E-state index in [1.165, 1.54) is 7.11 Å². The van der Waals surface area contributed by atoms with E-state index in [2.05, 4.69) is 5.16 Å². The van der Waals surface area contributed by atoms with Crippen LogP contribution in [0.5, 0.6) is 0 Å². The van der Waals surface area contributed by atoms with Gasteiger partial charge in [0, 0.05) is 38.9 Å². The van der Waals surface area contributed by atoms with Crippen molar-refractivity contribution in [1.29, 1.82) is 0 Å². The molecule has 2 saturated heterocycles. The lowest BCUT2D eigenvalue weighted by atomic mass is 10.1. The summed E-state index contributed by atoms with van der Waals surface area (Å²) in [7, 11) is 1.54. The molecule has 1 N–H and O–H groups in total. The summed E-state index contributed by atoms with van der Waals surface area (Å²) in [5.74, 6) is 0.755. The van der Waals surface area contributed by atoms with Crippen molar-refractivity contribution < 1.29 is 23.9 Å². The highest BCUT2D eigenvalue weighted by atomic mass is 16.5. The second-order valence-corrected chi connectivity index (χ2v) is 6.73. The van der Waals surface area contributed by atoms with Gasteiger partial charge in [-0.1, -0.05) is 35.5 Å². The number of carbonyl (C=O) groups is 1. The third-order valence-corrected chi connectivity index (χ3v) is 5.06. The molecule has 1 amide bonds. The Hall–Kier alpha value is -2.42. The van der Waals surface area contributed by atoms with Crippen molar-refractivity contribution in [2.75, 3.05) is 51.4 Å². The van der Waals surface area contributed by atoms with Crippen molar-refractivity contribution in [3.05, 3.63) is 35.9 Å². The van der Waals surface area contributed by atoms with Crippen LogP contribution in [0.3, 0.4) is 0 Å². The maximum atomic E-state index is 13.4. The molecular formula is C19H23N3O5. The molecule has 0 unspecified atom stereocenters. The molecule has 1 aromatic carbocycles. The van der Waals surface area contributed by atoms with Gasteiger partial charge in [-0.25, -0.2) is 0 Å². The number of hydrogen-bond donors (Lipinski definition) is 1. The van der Waals surface area contributed by atoms with Crippen LogP contribution in [0, 0.1) is 0 Å². The van der Waals surface area contributed by atoms with E-state index in [0.717, 1.165) is 5.56 Å². The Morgan fingerprint density at radius 1 is 1.22 bits per heavy atom. The highest BCUT2D eigenvalue weighted by Crippen LogP contribution is 2.33. The molecule has 0 aliphatic carbocycles. The number of carbonyl (C=O) groups excluding carboxylic acids is 1. The van der Waals surface area contributed by atoms with Crippen molar-refractivity contribution in [1.82, 2.24) is 10.1 Å². The lowest BCUT2D eigenvalue weighted by molar-refractivity contribution is 0.0215. The van der Waals surface area contributed by atoms with Gasteiger partial charge in [-0.2, -0.15) is 0 Å². The van der Waals surface area contributed by atoms with Crippen molar-refractivity contribution >= 4 is 11.7 Å². The Balaban J connectivity index is 1.72. The van der Waals surface area contributed by atoms with Gasteiger partial charge in [-0.3, -0.25) is 4.79 Å². The van der Waals surface area contributed by atoms with Gasteiger partial charge in [0.1, 0.15) is 11.7 Å². The Kier molecular flexibility index (Phi) is 5.11. The van der Waals surface area contributed by atoms with Crippen LogP contribution < -0.4 is 4.90 Å². The minimum absolute atomic E-state index is 0.213. The summed E-state index contributed by atoms with van der Waals surface area (Å²) in [5, 5.41) is 14.3. The first-order chi connectivity index (χ1) is 13.2. The largest absolute Gasteiger partial charge is 0.388 e. The van der Waals surface area contributed by atoms with E-state index in [0.29, 0.717) is 50.0 Å². The average molecular weight is 373 g/mol. The number of ether oxygens (including phenoxy) is 2. The molecule has 3 heterocycles. The SMILES string of the molecule is CO[C@H]1CN(C(=O)c2c(N3CCOCC3)noc2-c2ccccc2)C[C@@H]1O. The smallest absolute Gasteiger partial charge is 0.261 e. The Morgan fingerprint density at radius 3 is 2.63 bits per heavy atom. The monoisotopic (exact) mass is 373 g/mol. The number of likely N-dealkylation sites (tertiary alicyclic amines) is 1. The van der Waals surface area contributed by atoms with Crippen LogP contribution in [0.25, 0.3) is 11.3 Å². The van der Waals surface area contributed by atoms with E-state index in [-0.39, 0.29) is 18.6 Å². The first-order valence-electron chi connectivity index (χ1n) is 9.07. The van der Waals surface area contributed by atoms with E-state index in [9.17, 15) is 9.90 Å². The maximum Gasteiger partial charge on any atom is 0.261 e. The molecule has 4 rings (SSSR count). The highest BCUT2D eigenvalue weighted by Gasteiger charge is 2.38. The maximum absolute atomic E-state index is 13.4. The van der Waals surface area contributed by atoms with Gasteiger partial charge in [0.15, 0.2) is 11.6 Å². The Labute approximate surface area is 157 Å². The van der Waals surface area contributed by atoms with Gasteiger partial charge >= 0.3 is 0 Å². The van der Waals surface area contributed by atoms with E-state index in [1.807, 2.05) is 35.2 Å². The van der Waals surface area contributed by atoms with Gasteiger partial charge in [-0.15, -0.1) is 0 Å². The fourth-order valence-corrected chi connectivity index (χ4v) is 3.56. The van der Waals surface area contributed by atoms with Gasteiger partial charge in [-0.05, 0) is 0 Å². The van der Waals surface area contributed by atoms with Crippen LogP contribution in [0.1, 0.15) is 10.4 Å². The van der Waals surface area contributed by atoms with Gasteiger partial charge in [0.25, 0.3) is 5.91 Å². The van der Waals surface area contributed by atoms with Crippen LogP contribution >= 0.6 is 0 Å². The van der Waals surface area contributed by atoms with Crippen molar-refractivity contribution in [3.63, 3.8) is 0 Å². The third kappa shape index (κ3) is 3.43. The number of aliphatic hydroxyl groups is 1. The molecule has 1 aromatic heterocycles. The van der Waals surface area contributed by atoms with Gasteiger partial charge < -0.3 is 28.9 Å². The van der Waals surface area contributed by atoms with Crippen LogP contribution in [-0.2, 0) is 9.47 Å². The Bertz CT molecular complexity index is 788. The van der Waals surface area contributed by atoms with Crippen LogP contribution in [0.15, 0.2) is 34.9 Å². The van der Waals surface area contributed by atoms with E-state index in [1.54, 1.807) is 4.90 Å².